The lowest BCUT2D eigenvalue weighted by Gasteiger charge is -2.05. The molecule has 5 nitrogen and oxygen atoms in total. The molecule has 0 spiro atoms. The summed E-state index contributed by atoms with van der Waals surface area (Å²) in [5.41, 5.74) is 12.0. The topological polar surface area (TPSA) is 73.8 Å². The van der Waals surface area contributed by atoms with Crippen molar-refractivity contribution in [2.24, 2.45) is 5.73 Å². The van der Waals surface area contributed by atoms with Crippen LogP contribution in [0, 0.1) is 0 Å². The molecule has 0 atom stereocenters. The molecule has 2 heterocycles. The summed E-state index contributed by atoms with van der Waals surface area (Å²) in [5, 5.41) is 6.70. The number of aryl methyl sites for hydroxylation is 1. The molecule has 0 fully saturated rings. The van der Waals surface area contributed by atoms with Gasteiger partial charge in [-0.3, -0.25) is 14.5 Å². The van der Waals surface area contributed by atoms with E-state index in [1.165, 1.54) is 5.56 Å². The Balaban J connectivity index is 1.69. The molecular weight excluding hydrogens is 372 g/mol. The number of nitrogens with two attached hydrogens (primary N) is 1. The van der Waals surface area contributed by atoms with Crippen molar-refractivity contribution in [1.29, 1.82) is 0 Å². The molecule has 0 saturated carbocycles. The lowest BCUT2D eigenvalue weighted by Crippen LogP contribution is -2.10. The SMILES string of the molecule is CCn1nc(-c2ccc(-c3ccccc3)cc2)c2cnc3ccc(C(N)=O)cc3c21. The number of carbonyl (C=O) groups is 1. The zero-order valence-corrected chi connectivity index (χ0v) is 16.5. The van der Waals surface area contributed by atoms with E-state index >= 15 is 0 Å². The number of primary amides is 1. The number of fused-ring (bicyclic) bond motifs is 3. The normalized spacial score (nSPS) is 11.2. The first-order valence-corrected chi connectivity index (χ1v) is 9.90. The highest BCUT2D eigenvalue weighted by atomic mass is 16.1. The highest BCUT2D eigenvalue weighted by molar-refractivity contribution is 6.10. The van der Waals surface area contributed by atoms with Gasteiger partial charge in [-0.25, -0.2) is 0 Å². The standard InChI is InChI=1S/C25H20N4O/c1-2-29-24-20-14-19(25(26)30)12-13-22(20)27-15-21(24)23(28-29)18-10-8-17(9-11-18)16-6-4-3-5-7-16/h3-15H,2H2,1H3,(H2,26,30). The van der Waals surface area contributed by atoms with E-state index in [1.807, 2.05) is 41.2 Å². The fourth-order valence-corrected chi connectivity index (χ4v) is 3.90. The van der Waals surface area contributed by atoms with Gasteiger partial charge in [0.05, 0.1) is 11.0 Å². The first-order chi connectivity index (χ1) is 14.7. The molecule has 0 saturated heterocycles. The molecule has 146 valence electrons. The molecule has 5 rings (SSSR count). The largest absolute Gasteiger partial charge is 0.366 e. The van der Waals surface area contributed by atoms with Crippen LogP contribution in [0.4, 0.5) is 0 Å². The van der Waals surface area contributed by atoms with E-state index in [2.05, 4.69) is 48.3 Å². The van der Waals surface area contributed by atoms with Gasteiger partial charge in [0.25, 0.3) is 0 Å². The van der Waals surface area contributed by atoms with Gasteiger partial charge >= 0.3 is 0 Å². The Morgan fingerprint density at radius 2 is 1.60 bits per heavy atom. The number of nitrogens with zero attached hydrogens (tertiary/aromatic N) is 3. The van der Waals surface area contributed by atoms with Crippen molar-refractivity contribution in [1.82, 2.24) is 14.8 Å². The summed E-state index contributed by atoms with van der Waals surface area (Å²) in [6.07, 6.45) is 1.86. The van der Waals surface area contributed by atoms with Crippen LogP contribution < -0.4 is 5.73 Å². The Hall–Kier alpha value is -3.99. The fraction of sp³-hybridized carbons (Fsp3) is 0.0800. The third-order valence-electron chi connectivity index (χ3n) is 5.42. The van der Waals surface area contributed by atoms with Crippen molar-refractivity contribution >= 4 is 27.7 Å². The zero-order valence-electron chi connectivity index (χ0n) is 16.5. The number of pyridine rings is 1. The van der Waals surface area contributed by atoms with Crippen molar-refractivity contribution < 1.29 is 4.79 Å². The monoisotopic (exact) mass is 392 g/mol. The minimum atomic E-state index is -0.451. The highest BCUT2D eigenvalue weighted by Crippen LogP contribution is 2.33. The van der Waals surface area contributed by atoms with E-state index in [9.17, 15) is 4.79 Å². The molecule has 0 bridgehead atoms. The molecule has 0 unspecified atom stereocenters. The quantitative estimate of drug-likeness (QED) is 0.466. The van der Waals surface area contributed by atoms with Gasteiger partial charge in [-0.2, -0.15) is 5.10 Å². The van der Waals surface area contributed by atoms with Gasteiger partial charge in [-0.1, -0.05) is 54.6 Å². The maximum atomic E-state index is 11.7. The molecular formula is C25H20N4O. The fourth-order valence-electron chi connectivity index (χ4n) is 3.90. The maximum Gasteiger partial charge on any atom is 0.248 e. The average molecular weight is 392 g/mol. The molecule has 0 aliphatic carbocycles. The van der Waals surface area contributed by atoms with Crippen LogP contribution in [0.25, 0.3) is 44.2 Å². The van der Waals surface area contributed by atoms with E-state index in [-0.39, 0.29) is 0 Å². The second-order valence-corrected chi connectivity index (χ2v) is 7.22. The first kappa shape index (κ1) is 18.1. The van der Waals surface area contributed by atoms with Gasteiger partial charge in [0.15, 0.2) is 0 Å². The summed E-state index contributed by atoms with van der Waals surface area (Å²) in [4.78, 5) is 16.3. The van der Waals surface area contributed by atoms with E-state index in [1.54, 1.807) is 6.07 Å². The van der Waals surface area contributed by atoms with Crippen molar-refractivity contribution in [3.05, 3.63) is 84.6 Å². The van der Waals surface area contributed by atoms with E-state index < -0.39 is 5.91 Å². The molecule has 1 amide bonds. The van der Waals surface area contributed by atoms with Crippen LogP contribution in [0.5, 0.6) is 0 Å². The summed E-state index contributed by atoms with van der Waals surface area (Å²) >= 11 is 0. The van der Waals surface area contributed by atoms with Gasteiger partial charge < -0.3 is 5.73 Å². The summed E-state index contributed by atoms with van der Waals surface area (Å²) in [7, 11) is 0. The first-order valence-electron chi connectivity index (χ1n) is 9.90. The van der Waals surface area contributed by atoms with Gasteiger partial charge in [-0.05, 0) is 36.2 Å². The van der Waals surface area contributed by atoms with Gasteiger partial charge in [0, 0.05) is 34.6 Å². The van der Waals surface area contributed by atoms with Gasteiger partial charge in [-0.15, -0.1) is 0 Å². The maximum absolute atomic E-state index is 11.7. The molecule has 5 aromatic rings. The number of rotatable bonds is 4. The minimum Gasteiger partial charge on any atom is -0.366 e. The predicted octanol–water partition coefficient (Wildman–Crippen LogP) is 5.04. The van der Waals surface area contributed by atoms with Gasteiger partial charge in [0.1, 0.15) is 5.69 Å². The summed E-state index contributed by atoms with van der Waals surface area (Å²) < 4.78 is 1.96. The Labute approximate surface area is 173 Å². The van der Waals surface area contributed by atoms with Crippen LogP contribution in [0.3, 0.4) is 0 Å². The van der Waals surface area contributed by atoms with E-state index in [0.717, 1.165) is 38.6 Å². The van der Waals surface area contributed by atoms with Crippen LogP contribution in [0.1, 0.15) is 17.3 Å². The smallest absolute Gasteiger partial charge is 0.248 e. The molecule has 2 N–H and O–H groups in total. The zero-order chi connectivity index (χ0) is 20.7. The predicted molar refractivity (Wildman–Crippen MR) is 120 cm³/mol. The minimum absolute atomic E-state index is 0.451. The number of amides is 1. The van der Waals surface area contributed by atoms with E-state index in [4.69, 9.17) is 10.8 Å². The number of hydrogen-bond donors (Lipinski definition) is 1. The third kappa shape index (κ3) is 2.92. The number of benzene rings is 3. The van der Waals surface area contributed by atoms with Gasteiger partial charge in [0.2, 0.25) is 5.91 Å². The Morgan fingerprint density at radius 3 is 2.30 bits per heavy atom. The van der Waals surface area contributed by atoms with Crippen LogP contribution in [-0.4, -0.2) is 20.7 Å². The molecule has 0 radical (unpaired) electrons. The van der Waals surface area contributed by atoms with Crippen LogP contribution in [-0.2, 0) is 6.54 Å². The lowest BCUT2D eigenvalue weighted by atomic mass is 10.0. The van der Waals surface area contributed by atoms with Crippen molar-refractivity contribution in [2.45, 2.75) is 13.5 Å². The Morgan fingerprint density at radius 1 is 0.900 bits per heavy atom. The molecule has 2 aromatic heterocycles. The summed E-state index contributed by atoms with van der Waals surface area (Å²) in [5.74, 6) is -0.451. The molecule has 0 aliphatic heterocycles. The molecule has 0 aliphatic rings. The number of aromatic nitrogens is 3. The summed E-state index contributed by atoms with van der Waals surface area (Å²) in [6.45, 7) is 2.76. The third-order valence-corrected chi connectivity index (χ3v) is 5.42. The molecule has 30 heavy (non-hydrogen) atoms. The Kier molecular flexibility index (Phi) is 4.29. The number of carbonyl (C=O) groups excluding carboxylic acids is 1. The van der Waals surface area contributed by atoms with Crippen LogP contribution in [0.2, 0.25) is 0 Å². The summed E-state index contributed by atoms with van der Waals surface area (Å²) in [6, 6.07) is 24.0. The van der Waals surface area contributed by atoms with Crippen molar-refractivity contribution in [3.63, 3.8) is 0 Å². The number of hydrogen-bond acceptors (Lipinski definition) is 3. The average Bonchev–Trinajstić information content (AvgIpc) is 3.18. The second kappa shape index (κ2) is 7.12. The van der Waals surface area contributed by atoms with Crippen molar-refractivity contribution in [3.8, 4) is 22.4 Å². The van der Waals surface area contributed by atoms with E-state index in [0.29, 0.717) is 12.1 Å². The van der Waals surface area contributed by atoms with Crippen LogP contribution in [0.15, 0.2) is 79.0 Å². The lowest BCUT2D eigenvalue weighted by molar-refractivity contribution is 0.100. The van der Waals surface area contributed by atoms with Crippen molar-refractivity contribution in [2.75, 3.05) is 0 Å². The Bertz CT molecular complexity index is 1390. The van der Waals surface area contributed by atoms with Crippen LogP contribution >= 0.6 is 0 Å². The molecule has 3 aromatic carbocycles. The highest BCUT2D eigenvalue weighted by Gasteiger charge is 2.16. The molecule has 5 heteroatoms. The second-order valence-electron chi connectivity index (χ2n) is 7.22.